The summed E-state index contributed by atoms with van der Waals surface area (Å²) in [5, 5.41) is 5.93. The topological polar surface area (TPSA) is 83.0 Å². The van der Waals surface area contributed by atoms with Crippen molar-refractivity contribution in [1.29, 1.82) is 0 Å². The molecule has 0 saturated carbocycles. The van der Waals surface area contributed by atoms with Crippen LogP contribution in [0.3, 0.4) is 0 Å². The summed E-state index contributed by atoms with van der Waals surface area (Å²) in [4.78, 5) is 30.4. The molecule has 2 heterocycles. The Morgan fingerprint density at radius 2 is 2.21 bits per heavy atom. The van der Waals surface area contributed by atoms with Crippen LogP contribution in [0.5, 0.6) is 0 Å². The third-order valence-corrected chi connectivity index (χ3v) is 3.74. The maximum absolute atomic E-state index is 12.7. The molecule has 24 heavy (non-hydrogen) atoms. The predicted octanol–water partition coefficient (Wildman–Crippen LogP) is 1.27. The molecule has 2 rings (SSSR count). The minimum Gasteiger partial charge on any atom is -0.338 e. The average Bonchev–Trinajstić information content (AvgIpc) is 3.00. The maximum atomic E-state index is 12.7. The van der Waals surface area contributed by atoms with Crippen molar-refractivity contribution in [2.45, 2.75) is 20.3 Å². The summed E-state index contributed by atoms with van der Waals surface area (Å²) < 4.78 is 1.33. The Balaban J connectivity index is 2.14. The van der Waals surface area contributed by atoms with Gasteiger partial charge in [-0.3, -0.25) is 14.7 Å². The van der Waals surface area contributed by atoms with Gasteiger partial charge in [-0.2, -0.15) is 0 Å². The Bertz CT molecular complexity index is 704. The molecular weight excluding hydrogens is 306 g/mol. The van der Waals surface area contributed by atoms with Gasteiger partial charge in [-0.05, 0) is 38.1 Å². The number of rotatable bonds is 8. The first-order valence-corrected chi connectivity index (χ1v) is 8.23. The molecule has 2 N–H and O–H groups in total. The van der Waals surface area contributed by atoms with Crippen molar-refractivity contribution in [2.75, 3.05) is 26.7 Å². The number of amides is 1. The predicted molar refractivity (Wildman–Crippen MR) is 93.5 cm³/mol. The van der Waals surface area contributed by atoms with Crippen LogP contribution in [0.15, 0.2) is 35.4 Å². The van der Waals surface area contributed by atoms with E-state index in [1.54, 1.807) is 18.3 Å². The molecule has 7 heteroatoms. The molecule has 1 atom stereocenters. The van der Waals surface area contributed by atoms with Gasteiger partial charge in [-0.25, -0.2) is 9.67 Å². The Kier molecular flexibility index (Phi) is 6.31. The van der Waals surface area contributed by atoms with Crippen molar-refractivity contribution in [2.24, 2.45) is 5.92 Å². The van der Waals surface area contributed by atoms with Crippen LogP contribution in [0.4, 0.5) is 0 Å². The first-order chi connectivity index (χ1) is 11.6. The zero-order valence-corrected chi connectivity index (χ0v) is 14.5. The molecule has 0 bridgehead atoms. The summed E-state index contributed by atoms with van der Waals surface area (Å²) in [5.41, 5.74) is 0.346. The molecule has 2 aromatic rings. The molecule has 1 amide bonds. The van der Waals surface area contributed by atoms with Crippen LogP contribution in [0, 0.1) is 5.92 Å². The second kappa shape index (κ2) is 8.44. The van der Waals surface area contributed by atoms with Gasteiger partial charge < -0.3 is 10.2 Å². The van der Waals surface area contributed by atoms with Crippen molar-refractivity contribution in [1.82, 2.24) is 25.0 Å². The van der Waals surface area contributed by atoms with Gasteiger partial charge in [-0.15, -0.1) is 0 Å². The SMILES string of the molecule is CCCN(CC(C)CNC)C(=O)c1ccc(-n2[nH]ccc2=O)nc1. The number of aromatic nitrogens is 3. The van der Waals surface area contributed by atoms with Crippen LogP contribution < -0.4 is 10.9 Å². The van der Waals surface area contributed by atoms with E-state index >= 15 is 0 Å². The fraction of sp³-hybridized carbons (Fsp3) is 0.471. The van der Waals surface area contributed by atoms with Gasteiger partial charge in [0.2, 0.25) is 0 Å². The maximum Gasteiger partial charge on any atom is 0.272 e. The first-order valence-electron chi connectivity index (χ1n) is 8.23. The number of pyridine rings is 1. The summed E-state index contributed by atoms with van der Waals surface area (Å²) in [6.45, 7) is 6.45. The summed E-state index contributed by atoms with van der Waals surface area (Å²) in [7, 11) is 1.91. The highest BCUT2D eigenvalue weighted by Crippen LogP contribution is 2.09. The fourth-order valence-electron chi connectivity index (χ4n) is 2.66. The highest BCUT2D eigenvalue weighted by molar-refractivity contribution is 5.94. The van der Waals surface area contributed by atoms with E-state index in [1.165, 1.54) is 16.9 Å². The Hall–Kier alpha value is -2.41. The second-order valence-electron chi connectivity index (χ2n) is 5.96. The lowest BCUT2D eigenvalue weighted by Gasteiger charge is -2.25. The largest absolute Gasteiger partial charge is 0.338 e. The number of nitrogens with one attached hydrogen (secondary N) is 2. The van der Waals surface area contributed by atoms with Crippen LogP contribution >= 0.6 is 0 Å². The first kappa shape index (κ1) is 17.9. The van der Waals surface area contributed by atoms with Crippen molar-refractivity contribution in [3.8, 4) is 5.82 Å². The van der Waals surface area contributed by atoms with Gasteiger partial charge in [0.05, 0.1) is 5.56 Å². The molecule has 0 spiro atoms. The lowest BCUT2D eigenvalue weighted by molar-refractivity contribution is 0.0732. The molecule has 7 nitrogen and oxygen atoms in total. The van der Waals surface area contributed by atoms with Crippen molar-refractivity contribution >= 4 is 5.91 Å². The lowest BCUT2D eigenvalue weighted by Crippen LogP contribution is -2.37. The van der Waals surface area contributed by atoms with E-state index in [1.807, 2.05) is 11.9 Å². The van der Waals surface area contributed by atoms with Crippen LogP contribution in [-0.4, -0.2) is 52.3 Å². The van der Waals surface area contributed by atoms with Gasteiger partial charge in [0.1, 0.15) is 0 Å². The molecule has 0 aromatic carbocycles. The molecule has 2 aromatic heterocycles. The Labute approximate surface area is 141 Å². The zero-order valence-electron chi connectivity index (χ0n) is 14.5. The van der Waals surface area contributed by atoms with E-state index in [-0.39, 0.29) is 11.5 Å². The monoisotopic (exact) mass is 331 g/mol. The third-order valence-electron chi connectivity index (χ3n) is 3.74. The smallest absolute Gasteiger partial charge is 0.272 e. The third kappa shape index (κ3) is 4.32. The summed E-state index contributed by atoms with van der Waals surface area (Å²) in [6.07, 6.45) is 3.98. The standard InChI is InChI=1S/C17H25N5O2/c1-4-9-21(12-13(2)10-18-3)17(24)14-5-6-15(19-11-14)22-16(23)7-8-20-22/h5-8,11,13,18,20H,4,9-10,12H2,1-3H3. The number of carbonyl (C=O) groups is 1. The van der Waals surface area contributed by atoms with Crippen LogP contribution in [-0.2, 0) is 0 Å². The highest BCUT2D eigenvalue weighted by Gasteiger charge is 2.18. The number of aromatic amines is 1. The van der Waals surface area contributed by atoms with E-state index in [9.17, 15) is 9.59 Å². The number of hydrogen-bond acceptors (Lipinski definition) is 4. The average molecular weight is 331 g/mol. The van der Waals surface area contributed by atoms with E-state index in [2.05, 4.69) is 29.2 Å². The van der Waals surface area contributed by atoms with Crippen molar-refractivity contribution in [3.05, 3.63) is 46.5 Å². The number of carbonyl (C=O) groups excluding carboxylic acids is 1. The molecule has 0 saturated heterocycles. The molecule has 0 aliphatic heterocycles. The Morgan fingerprint density at radius 3 is 2.75 bits per heavy atom. The van der Waals surface area contributed by atoms with Gasteiger partial charge in [0, 0.05) is 31.5 Å². The van der Waals surface area contributed by atoms with Crippen LogP contribution in [0.2, 0.25) is 0 Å². The normalized spacial score (nSPS) is 12.1. The number of nitrogens with zero attached hydrogens (tertiary/aromatic N) is 3. The summed E-state index contributed by atoms with van der Waals surface area (Å²) in [5.74, 6) is 0.806. The highest BCUT2D eigenvalue weighted by atomic mass is 16.2. The van der Waals surface area contributed by atoms with Gasteiger partial charge >= 0.3 is 0 Å². The fourth-order valence-corrected chi connectivity index (χ4v) is 2.66. The minimum absolute atomic E-state index is 0.0299. The van der Waals surface area contributed by atoms with E-state index in [4.69, 9.17) is 0 Å². The van der Waals surface area contributed by atoms with Crippen LogP contribution in [0.1, 0.15) is 30.6 Å². The molecular formula is C17H25N5O2. The quantitative estimate of drug-likeness (QED) is 0.763. The molecule has 130 valence electrons. The van der Waals surface area contributed by atoms with Crippen LogP contribution in [0.25, 0.3) is 5.82 Å². The Morgan fingerprint density at radius 1 is 1.42 bits per heavy atom. The minimum atomic E-state index is -0.185. The molecule has 0 aliphatic carbocycles. The molecule has 1 unspecified atom stereocenters. The second-order valence-corrected chi connectivity index (χ2v) is 5.96. The number of hydrogen-bond donors (Lipinski definition) is 2. The number of H-pyrrole nitrogens is 1. The van der Waals surface area contributed by atoms with Crippen molar-refractivity contribution < 1.29 is 4.79 Å². The lowest BCUT2D eigenvalue weighted by atomic mass is 10.1. The van der Waals surface area contributed by atoms with E-state index in [0.29, 0.717) is 30.4 Å². The van der Waals surface area contributed by atoms with Gasteiger partial charge in [0.15, 0.2) is 5.82 Å². The van der Waals surface area contributed by atoms with E-state index < -0.39 is 0 Å². The summed E-state index contributed by atoms with van der Waals surface area (Å²) in [6, 6.07) is 4.81. The van der Waals surface area contributed by atoms with Gasteiger partial charge in [0.25, 0.3) is 11.5 Å². The summed E-state index contributed by atoms with van der Waals surface area (Å²) >= 11 is 0. The molecule has 0 aliphatic rings. The van der Waals surface area contributed by atoms with Gasteiger partial charge in [-0.1, -0.05) is 13.8 Å². The zero-order chi connectivity index (χ0) is 17.5. The van der Waals surface area contributed by atoms with Crippen molar-refractivity contribution in [3.63, 3.8) is 0 Å². The molecule has 0 radical (unpaired) electrons. The molecule has 0 fully saturated rings. The van der Waals surface area contributed by atoms with E-state index in [0.717, 1.165) is 13.0 Å².